The van der Waals surface area contributed by atoms with E-state index in [1.807, 2.05) is 5.57 Å². The SMILES string of the molecule is CCC1(C)CCC2(C)C(CC=C3C2CCCC3(C)C)C1. The Morgan fingerprint density at radius 1 is 1.10 bits per heavy atom. The Morgan fingerprint density at radius 3 is 2.55 bits per heavy atom. The van der Waals surface area contributed by atoms with Crippen LogP contribution in [0.3, 0.4) is 0 Å². The van der Waals surface area contributed by atoms with Gasteiger partial charge in [-0.25, -0.2) is 0 Å². The maximum Gasteiger partial charge on any atom is -0.0141 e. The molecule has 0 heterocycles. The highest BCUT2D eigenvalue weighted by atomic mass is 14.6. The minimum atomic E-state index is 0.475. The van der Waals surface area contributed by atoms with Crippen molar-refractivity contribution in [3.8, 4) is 0 Å². The van der Waals surface area contributed by atoms with Crippen LogP contribution in [0.5, 0.6) is 0 Å². The highest BCUT2D eigenvalue weighted by molar-refractivity contribution is 5.26. The summed E-state index contributed by atoms with van der Waals surface area (Å²) >= 11 is 0. The van der Waals surface area contributed by atoms with Crippen molar-refractivity contribution in [2.24, 2.45) is 28.1 Å². The number of rotatable bonds is 1. The molecule has 3 aliphatic carbocycles. The Balaban J connectivity index is 1.92. The van der Waals surface area contributed by atoms with Gasteiger partial charge in [-0.1, -0.05) is 59.1 Å². The fraction of sp³-hybridized carbons (Fsp3) is 0.900. The molecule has 114 valence electrons. The third-order valence-corrected chi connectivity index (χ3v) is 7.66. The number of hydrogen-bond acceptors (Lipinski definition) is 0. The third-order valence-electron chi connectivity index (χ3n) is 7.66. The van der Waals surface area contributed by atoms with Crippen molar-refractivity contribution in [3.63, 3.8) is 0 Å². The minimum Gasteiger partial charge on any atom is -0.0842 e. The summed E-state index contributed by atoms with van der Waals surface area (Å²) in [6.07, 6.45) is 14.1. The lowest BCUT2D eigenvalue weighted by Crippen LogP contribution is -2.48. The first kappa shape index (κ1) is 14.7. The molecule has 3 aliphatic rings. The summed E-state index contributed by atoms with van der Waals surface area (Å²) in [6.45, 7) is 12.6. The molecule has 0 aromatic rings. The molecule has 0 aliphatic heterocycles. The van der Waals surface area contributed by atoms with Gasteiger partial charge in [0, 0.05) is 0 Å². The Morgan fingerprint density at radius 2 is 1.85 bits per heavy atom. The zero-order valence-corrected chi connectivity index (χ0v) is 14.4. The van der Waals surface area contributed by atoms with E-state index in [9.17, 15) is 0 Å². The van der Waals surface area contributed by atoms with Gasteiger partial charge in [0.25, 0.3) is 0 Å². The molecular formula is C20H34. The van der Waals surface area contributed by atoms with Crippen LogP contribution >= 0.6 is 0 Å². The molecule has 0 amide bonds. The molecule has 0 nitrogen and oxygen atoms in total. The summed E-state index contributed by atoms with van der Waals surface area (Å²) in [4.78, 5) is 0. The van der Waals surface area contributed by atoms with Crippen LogP contribution in [-0.2, 0) is 0 Å². The van der Waals surface area contributed by atoms with E-state index in [2.05, 4.69) is 40.7 Å². The summed E-state index contributed by atoms with van der Waals surface area (Å²) in [5, 5.41) is 0. The molecule has 0 bridgehead atoms. The van der Waals surface area contributed by atoms with Crippen LogP contribution in [0.2, 0.25) is 0 Å². The monoisotopic (exact) mass is 274 g/mol. The van der Waals surface area contributed by atoms with Crippen LogP contribution < -0.4 is 0 Å². The first-order valence-electron chi connectivity index (χ1n) is 9.01. The number of allylic oxidation sites excluding steroid dienone is 2. The second-order valence-electron chi connectivity index (χ2n) is 9.29. The molecule has 2 saturated carbocycles. The van der Waals surface area contributed by atoms with Crippen molar-refractivity contribution >= 4 is 0 Å². The summed E-state index contributed by atoms with van der Waals surface area (Å²) < 4.78 is 0. The van der Waals surface area contributed by atoms with Crippen LogP contribution in [0.1, 0.15) is 86.0 Å². The summed E-state index contributed by atoms with van der Waals surface area (Å²) in [5.41, 5.74) is 3.54. The molecule has 4 atom stereocenters. The molecular weight excluding hydrogens is 240 g/mol. The Kier molecular flexibility index (Phi) is 3.39. The second kappa shape index (κ2) is 4.62. The third kappa shape index (κ3) is 2.09. The average Bonchev–Trinajstić information content (AvgIpc) is 2.40. The van der Waals surface area contributed by atoms with Crippen LogP contribution in [-0.4, -0.2) is 0 Å². The Labute approximate surface area is 126 Å². The highest BCUT2D eigenvalue weighted by Gasteiger charge is 2.52. The molecule has 3 rings (SSSR count). The minimum absolute atomic E-state index is 0.475. The van der Waals surface area contributed by atoms with Gasteiger partial charge >= 0.3 is 0 Å². The van der Waals surface area contributed by atoms with Gasteiger partial charge in [0.2, 0.25) is 0 Å². The molecule has 0 aromatic heterocycles. The smallest absolute Gasteiger partial charge is 0.0141 e. The largest absolute Gasteiger partial charge is 0.0842 e. The molecule has 0 saturated heterocycles. The Hall–Kier alpha value is -0.260. The lowest BCUT2D eigenvalue weighted by atomic mass is 9.46. The van der Waals surface area contributed by atoms with Crippen molar-refractivity contribution in [3.05, 3.63) is 11.6 Å². The molecule has 0 radical (unpaired) electrons. The first-order valence-corrected chi connectivity index (χ1v) is 9.01. The van der Waals surface area contributed by atoms with Crippen LogP contribution in [0.25, 0.3) is 0 Å². The molecule has 4 unspecified atom stereocenters. The van der Waals surface area contributed by atoms with Crippen molar-refractivity contribution in [2.45, 2.75) is 86.0 Å². The fourth-order valence-corrected chi connectivity index (χ4v) is 5.73. The predicted molar refractivity (Wildman–Crippen MR) is 87.7 cm³/mol. The van der Waals surface area contributed by atoms with Gasteiger partial charge in [-0.3, -0.25) is 0 Å². The normalized spacial score (nSPS) is 47.1. The molecule has 0 spiro atoms. The lowest BCUT2D eigenvalue weighted by molar-refractivity contribution is -0.0286. The van der Waals surface area contributed by atoms with Crippen LogP contribution in [0.4, 0.5) is 0 Å². The summed E-state index contributed by atoms with van der Waals surface area (Å²) in [7, 11) is 0. The van der Waals surface area contributed by atoms with E-state index in [1.165, 1.54) is 51.4 Å². The number of hydrogen-bond donors (Lipinski definition) is 0. The van der Waals surface area contributed by atoms with E-state index < -0.39 is 0 Å². The van der Waals surface area contributed by atoms with Crippen molar-refractivity contribution in [1.29, 1.82) is 0 Å². The first-order chi connectivity index (χ1) is 9.31. The van der Waals surface area contributed by atoms with Gasteiger partial charge in [0.05, 0.1) is 0 Å². The van der Waals surface area contributed by atoms with Crippen LogP contribution in [0, 0.1) is 28.1 Å². The highest BCUT2D eigenvalue weighted by Crippen LogP contribution is 2.63. The molecule has 0 aromatic carbocycles. The maximum absolute atomic E-state index is 2.68. The van der Waals surface area contributed by atoms with E-state index in [-0.39, 0.29) is 0 Å². The van der Waals surface area contributed by atoms with E-state index >= 15 is 0 Å². The van der Waals surface area contributed by atoms with E-state index in [0.717, 1.165) is 11.8 Å². The average molecular weight is 274 g/mol. The molecule has 20 heavy (non-hydrogen) atoms. The topological polar surface area (TPSA) is 0 Å². The second-order valence-corrected chi connectivity index (χ2v) is 9.29. The standard InChI is InChI=1S/C20H34/c1-6-19(4)12-13-20(5)15(14-19)9-10-16-17(20)8-7-11-18(16,2)3/h10,15,17H,6-9,11-14H2,1-5H3. The molecule has 0 heteroatoms. The van der Waals surface area contributed by atoms with E-state index in [1.54, 1.807) is 0 Å². The summed E-state index contributed by atoms with van der Waals surface area (Å²) in [6, 6.07) is 0. The fourth-order valence-electron chi connectivity index (χ4n) is 5.73. The van der Waals surface area contributed by atoms with E-state index in [0.29, 0.717) is 16.2 Å². The molecule has 2 fully saturated rings. The predicted octanol–water partition coefficient (Wildman–Crippen LogP) is 6.37. The van der Waals surface area contributed by atoms with E-state index in [4.69, 9.17) is 0 Å². The van der Waals surface area contributed by atoms with Gasteiger partial charge in [0.1, 0.15) is 0 Å². The van der Waals surface area contributed by atoms with Gasteiger partial charge < -0.3 is 0 Å². The zero-order valence-electron chi connectivity index (χ0n) is 14.4. The zero-order chi connectivity index (χ0) is 14.6. The van der Waals surface area contributed by atoms with Gasteiger partial charge in [0.15, 0.2) is 0 Å². The van der Waals surface area contributed by atoms with Gasteiger partial charge in [-0.15, -0.1) is 0 Å². The van der Waals surface area contributed by atoms with Gasteiger partial charge in [-0.05, 0) is 66.6 Å². The van der Waals surface area contributed by atoms with Crippen molar-refractivity contribution < 1.29 is 0 Å². The van der Waals surface area contributed by atoms with Crippen molar-refractivity contribution in [2.75, 3.05) is 0 Å². The maximum atomic E-state index is 2.68. The lowest BCUT2D eigenvalue weighted by Gasteiger charge is -2.58. The quantitative estimate of drug-likeness (QED) is 0.488. The van der Waals surface area contributed by atoms with Crippen molar-refractivity contribution in [1.82, 2.24) is 0 Å². The number of fused-ring (bicyclic) bond motifs is 3. The van der Waals surface area contributed by atoms with Gasteiger partial charge in [-0.2, -0.15) is 0 Å². The van der Waals surface area contributed by atoms with Crippen LogP contribution in [0.15, 0.2) is 11.6 Å². The Bertz CT molecular complexity index is 416. The molecule has 0 N–H and O–H groups in total. The summed E-state index contributed by atoms with van der Waals surface area (Å²) in [5.74, 6) is 1.84.